The Morgan fingerprint density at radius 3 is 2.74 bits per heavy atom. The van der Waals surface area contributed by atoms with Crippen molar-refractivity contribution in [2.45, 2.75) is 13.3 Å². The lowest BCUT2D eigenvalue weighted by Gasteiger charge is -2.18. The van der Waals surface area contributed by atoms with E-state index in [1.54, 1.807) is 0 Å². The van der Waals surface area contributed by atoms with E-state index in [4.69, 9.17) is 0 Å². The van der Waals surface area contributed by atoms with Crippen molar-refractivity contribution in [1.82, 2.24) is 0 Å². The number of ether oxygens (including phenoxy) is 1. The maximum absolute atomic E-state index is 13.9. The van der Waals surface area contributed by atoms with Crippen molar-refractivity contribution in [3.05, 3.63) is 29.3 Å². The maximum atomic E-state index is 13.9. The van der Waals surface area contributed by atoms with Crippen LogP contribution < -0.4 is 4.90 Å². The number of halogens is 2. The van der Waals surface area contributed by atoms with Crippen LogP contribution in [0, 0.1) is 24.5 Å². The van der Waals surface area contributed by atoms with E-state index in [0.29, 0.717) is 0 Å². The molecule has 0 spiro atoms. The molecule has 0 aliphatic carbocycles. The van der Waals surface area contributed by atoms with Gasteiger partial charge in [-0.05, 0) is 18.6 Å². The Hall–Kier alpha value is -1.98. The summed E-state index contributed by atoms with van der Waals surface area (Å²) in [6.07, 6.45) is -0.0977. The molecule has 4 nitrogen and oxygen atoms in total. The number of esters is 1. The molecule has 1 saturated heterocycles. The molecule has 2 rings (SSSR count). The van der Waals surface area contributed by atoms with Crippen LogP contribution in [0.4, 0.5) is 14.5 Å². The van der Waals surface area contributed by atoms with Crippen LogP contribution in [-0.2, 0) is 14.3 Å². The van der Waals surface area contributed by atoms with Crippen molar-refractivity contribution in [2.24, 2.45) is 5.92 Å². The van der Waals surface area contributed by atoms with Gasteiger partial charge in [0.1, 0.15) is 11.5 Å². The molecule has 0 radical (unpaired) electrons. The van der Waals surface area contributed by atoms with E-state index < -0.39 is 35.1 Å². The summed E-state index contributed by atoms with van der Waals surface area (Å²) in [7, 11) is 1.21. The van der Waals surface area contributed by atoms with Gasteiger partial charge in [-0.25, -0.2) is 8.78 Å². The monoisotopic (exact) mass is 269 g/mol. The highest BCUT2D eigenvalue weighted by molar-refractivity contribution is 5.99. The average molecular weight is 269 g/mol. The molecule has 1 aromatic rings. The fraction of sp³-hybridized carbons (Fsp3) is 0.385. The number of amides is 1. The lowest BCUT2D eigenvalue weighted by Crippen LogP contribution is -2.28. The summed E-state index contributed by atoms with van der Waals surface area (Å²) in [5.41, 5.74) is -0.151. The molecule has 1 heterocycles. The Kier molecular flexibility index (Phi) is 3.50. The maximum Gasteiger partial charge on any atom is 0.311 e. The van der Waals surface area contributed by atoms with E-state index in [1.165, 1.54) is 20.1 Å². The second kappa shape index (κ2) is 4.95. The summed E-state index contributed by atoms with van der Waals surface area (Å²) in [5.74, 6) is -3.32. The molecule has 19 heavy (non-hydrogen) atoms. The lowest BCUT2D eigenvalue weighted by atomic mass is 10.1. The molecule has 1 unspecified atom stereocenters. The van der Waals surface area contributed by atoms with E-state index in [2.05, 4.69) is 4.74 Å². The topological polar surface area (TPSA) is 46.6 Å². The zero-order chi connectivity index (χ0) is 14.2. The molecular weight excluding hydrogens is 256 g/mol. The molecule has 1 fully saturated rings. The second-order valence-electron chi connectivity index (χ2n) is 4.46. The predicted molar refractivity (Wildman–Crippen MR) is 63.6 cm³/mol. The van der Waals surface area contributed by atoms with Crippen molar-refractivity contribution in [1.29, 1.82) is 0 Å². The second-order valence-corrected chi connectivity index (χ2v) is 4.46. The van der Waals surface area contributed by atoms with E-state index in [-0.39, 0.29) is 18.5 Å². The molecule has 0 N–H and O–H groups in total. The number of hydrogen-bond acceptors (Lipinski definition) is 3. The van der Waals surface area contributed by atoms with Gasteiger partial charge >= 0.3 is 5.97 Å². The van der Waals surface area contributed by atoms with Crippen LogP contribution in [0.2, 0.25) is 0 Å². The summed E-state index contributed by atoms with van der Waals surface area (Å²) in [5, 5.41) is 0. The molecule has 1 atom stereocenters. The number of aryl methyl sites for hydroxylation is 1. The summed E-state index contributed by atoms with van der Waals surface area (Å²) >= 11 is 0. The van der Waals surface area contributed by atoms with Crippen molar-refractivity contribution >= 4 is 17.6 Å². The molecule has 1 aliphatic heterocycles. The first-order valence-electron chi connectivity index (χ1n) is 5.78. The third kappa shape index (κ3) is 2.30. The van der Waals surface area contributed by atoms with Crippen LogP contribution in [0.5, 0.6) is 0 Å². The number of anilines is 1. The number of nitrogens with zero attached hydrogens (tertiary/aromatic N) is 1. The van der Waals surface area contributed by atoms with E-state index in [0.717, 1.165) is 11.0 Å². The van der Waals surface area contributed by atoms with Gasteiger partial charge in [-0.3, -0.25) is 9.59 Å². The molecule has 0 bridgehead atoms. The van der Waals surface area contributed by atoms with Gasteiger partial charge in [-0.1, -0.05) is 6.07 Å². The SMILES string of the molecule is COC(=O)C1CC(=O)N(c2c(F)ccc(C)c2F)C1. The third-order valence-electron chi connectivity index (χ3n) is 3.19. The molecule has 6 heteroatoms. The van der Waals surface area contributed by atoms with Crippen molar-refractivity contribution in [3.63, 3.8) is 0 Å². The zero-order valence-corrected chi connectivity index (χ0v) is 10.6. The molecule has 1 aliphatic rings. The lowest BCUT2D eigenvalue weighted by molar-refractivity contribution is -0.145. The zero-order valence-electron chi connectivity index (χ0n) is 10.6. The third-order valence-corrected chi connectivity index (χ3v) is 3.19. The van der Waals surface area contributed by atoms with Gasteiger partial charge in [0.25, 0.3) is 0 Å². The van der Waals surface area contributed by atoms with Crippen molar-refractivity contribution < 1.29 is 23.1 Å². The fourth-order valence-corrected chi connectivity index (χ4v) is 2.14. The number of benzene rings is 1. The molecule has 0 saturated carbocycles. The van der Waals surface area contributed by atoms with Crippen LogP contribution in [0.25, 0.3) is 0 Å². The molecule has 1 amide bonds. The normalized spacial score (nSPS) is 18.8. The highest BCUT2D eigenvalue weighted by Gasteiger charge is 2.38. The number of carbonyl (C=O) groups excluding carboxylic acids is 2. The first kappa shape index (κ1) is 13.5. The Morgan fingerprint density at radius 2 is 2.11 bits per heavy atom. The number of hydrogen-bond donors (Lipinski definition) is 0. The Morgan fingerprint density at radius 1 is 1.42 bits per heavy atom. The van der Waals surface area contributed by atoms with Gasteiger partial charge in [-0.2, -0.15) is 0 Å². The number of carbonyl (C=O) groups is 2. The minimum Gasteiger partial charge on any atom is -0.469 e. The molecule has 102 valence electrons. The molecule has 1 aromatic carbocycles. The van der Waals surface area contributed by atoms with Crippen LogP contribution >= 0.6 is 0 Å². The van der Waals surface area contributed by atoms with Crippen molar-refractivity contribution in [2.75, 3.05) is 18.6 Å². The quantitative estimate of drug-likeness (QED) is 0.769. The highest BCUT2D eigenvalue weighted by Crippen LogP contribution is 2.31. The predicted octanol–water partition coefficient (Wildman–Crippen LogP) is 1.80. The van der Waals surface area contributed by atoms with E-state index in [9.17, 15) is 18.4 Å². The van der Waals surface area contributed by atoms with Crippen LogP contribution in [0.3, 0.4) is 0 Å². The van der Waals surface area contributed by atoms with E-state index >= 15 is 0 Å². The Bertz CT molecular complexity index is 545. The van der Waals surface area contributed by atoms with Gasteiger partial charge in [-0.15, -0.1) is 0 Å². The van der Waals surface area contributed by atoms with Crippen LogP contribution in [0.15, 0.2) is 12.1 Å². The number of methoxy groups -OCH3 is 1. The van der Waals surface area contributed by atoms with Gasteiger partial charge in [0.05, 0.1) is 13.0 Å². The smallest absolute Gasteiger partial charge is 0.311 e. The summed E-state index contributed by atoms with van der Waals surface area (Å²) in [4.78, 5) is 24.2. The summed E-state index contributed by atoms with van der Waals surface area (Å²) < 4.78 is 32.2. The molecular formula is C13H13F2NO3. The minimum atomic E-state index is -0.818. The number of rotatable bonds is 2. The fourth-order valence-electron chi connectivity index (χ4n) is 2.14. The first-order valence-corrected chi connectivity index (χ1v) is 5.78. The molecule has 0 aromatic heterocycles. The minimum absolute atomic E-state index is 0.0667. The van der Waals surface area contributed by atoms with Gasteiger partial charge in [0.2, 0.25) is 5.91 Å². The van der Waals surface area contributed by atoms with Gasteiger partial charge < -0.3 is 9.64 Å². The largest absolute Gasteiger partial charge is 0.469 e. The standard InChI is InChI=1S/C13H13F2NO3/c1-7-3-4-9(14)12(11(7)15)16-6-8(5-10(16)17)13(18)19-2/h3-4,8H,5-6H2,1-2H3. The summed E-state index contributed by atoms with van der Waals surface area (Å²) in [6, 6.07) is 2.40. The average Bonchev–Trinajstić information content (AvgIpc) is 2.76. The van der Waals surface area contributed by atoms with Crippen LogP contribution in [0.1, 0.15) is 12.0 Å². The summed E-state index contributed by atoms with van der Waals surface area (Å²) in [6.45, 7) is 1.42. The van der Waals surface area contributed by atoms with Gasteiger partial charge in [0.15, 0.2) is 5.82 Å². The van der Waals surface area contributed by atoms with Gasteiger partial charge in [0, 0.05) is 13.0 Å². The van der Waals surface area contributed by atoms with E-state index in [1.807, 2.05) is 0 Å². The Labute approximate surface area is 109 Å². The first-order chi connectivity index (χ1) is 8.95. The Balaban J connectivity index is 2.36. The van der Waals surface area contributed by atoms with Crippen molar-refractivity contribution in [3.8, 4) is 0 Å². The van der Waals surface area contributed by atoms with Crippen LogP contribution in [-0.4, -0.2) is 25.5 Å². The highest BCUT2D eigenvalue weighted by atomic mass is 19.1.